The second-order valence-corrected chi connectivity index (χ2v) is 9.82. The molecule has 4 aromatic rings. The van der Waals surface area contributed by atoms with Crippen LogP contribution in [0.4, 0.5) is 5.69 Å². The van der Waals surface area contributed by atoms with E-state index >= 15 is 0 Å². The van der Waals surface area contributed by atoms with Crippen LogP contribution >= 0.6 is 7.26 Å². The number of hydrogen-bond acceptors (Lipinski definition) is 1. The number of anilines is 1. The van der Waals surface area contributed by atoms with Gasteiger partial charge >= 0.3 is 0 Å². The maximum atomic E-state index is 3.44. The molecule has 0 aromatic heterocycles. The molecule has 0 amide bonds. The van der Waals surface area contributed by atoms with E-state index in [-0.39, 0.29) is 0 Å². The van der Waals surface area contributed by atoms with E-state index in [2.05, 4.69) is 121 Å². The zero-order valence-corrected chi connectivity index (χ0v) is 16.3. The van der Waals surface area contributed by atoms with Crippen molar-refractivity contribution in [2.45, 2.75) is 0 Å². The fourth-order valence-corrected chi connectivity index (χ4v) is 8.24. The molecule has 0 unspecified atom stereocenters. The highest BCUT2D eigenvalue weighted by molar-refractivity contribution is 8.01. The van der Waals surface area contributed by atoms with Crippen LogP contribution < -0.4 is 26.5 Å². The van der Waals surface area contributed by atoms with Gasteiger partial charge < -0.3 is 5.32 Å². The van der Waals surface area contributed by atoms with Crippen LogP contribution in [-0.4, -0.2) is 7.05 Å². The van der Waals surface area contributed by atoms with E-state index in [1.807, 2.05) is 7.05 Å². The van der Waals surface area contributed by atoms with Crippen LogP contribution in [0.2, 0.25) is 0 Å². The van der Waals surface area contributed by atoms with Crippen molar-refractivity contribution in [1.82, 2.24) is 0 Å². The van der Waals surface area contributed by atoms with Crippen molar-refractivity contribution in [2.24, 2.45) is 0 Å². The molecule has 0 atom stereocenters. The summed E-state index contributed by atoms with van der Waals surface area (Å²) in [7, 11) is -0.0138. The second kappa shape index (κ2) is 7.78. The summed E-state index contributed by atoms with van der Waals surface area (Å²) >= 11 is 0. The van der Waals surface area contributed by atoms with Crippen LogP contribution in [0.3, 0.4) is 0 Å². The quantitative estimate of drug-likeness (QED) is 0.517. The van der Waals surface area contributed by atoms with Crippen molar-refractivity contribution in [3.63, 3.8) is 0 Å². The normalized spacial score (nSPS) is 11.1. The van der Waals surface area contributed by atoms with Crippen LogP contribution in [0.5, 0.6) is 0 Å². The average molecular weight is 368 g/mol. The Bertz CT molecular complexity index is 901. The van der Waals surface area contributed by atoms with Crippen LogP contribution in [0.1, 0.15) is 0 Å². The van der Waals surface area contributed by atoms with Crippen LogP contribution in [0, 0.1) is 0 Å². The lowest BCUT2D eigenvalue weighted by molar-refractivity contribution is 1.54. The molecule has 0 spiro atoms. The SMILES string of the molecule is CNc1ccccc1[P+](c1ccccc1)(c1ccccc1)c1ccccc1. The van der Waals surface area contributed by atoms with Crippen molar-refractivity contribution < 1.29 is 0 Å². The minimum atomic E-state index is -2.02. The Labute approximate surface area is 162 Å². The lowest BCUT2D eigenvalue weighted by Crippen LogP contribution is -2.39. The van der Waals surface area contributed by atoms with E-state index < -0.39 is 7.26 Å². The standard InChI is InChI=1S/C25H23NP/c1-26-24-19-11-12-20-25(24)27(21-13-5-2-6-14-21,22-15-7-3-8-16-22)23-17-9-4-10-18-23/h2-20,26H,1H3/q+1. The third kappa shape index (κ3) is 3.05. The maximum Gasteiger partial charge on any atom is 0.146 e. The molecule has 2 heteroatoms. The average Bonchev–Trinajstić information content (AvgIpc) is 2.77. The molecular formula is C25H23NP+. The molecule has 0 fully saturated rings. The molecule has 1 N–H and O–H groups in total. The summed E-state index contributed by atoms with van der Waals surface area (Å²) in [5, 5.41) is 8.89. The molecule has 132 valence electrons. The first-order valence-corrected chi connectivity index (χ1v) is 11.0. The zero-order chi connectivity index (χ0) is 18.5. The number of para-hydroxylation sites is 1. The summed E-state index contributed by atoms with van der Waals surface area (Å²) in [5.41, 5.74) is 1.18. The summed E-state index contributed by atoms with van der Waals surface area (Å²) in [6.07, 6.45) is 0. The van der Waals surface area contributed by atoms with Gasteiger partial charge in [-0.3, -0.25) is 0 Å². The lowest BCUT2D eigenvalue weighted by atomic mass is 10.3. The molecule has 0 heterocycles. The zero-order valence-electron chi connectivity index (χ0n) is 15.4. The van der Waals surface area contributed by atoms with Gasteiger partial charge in [0.2, 0.25) is 0 Å². The highest BCUT2D eigenvalue weighted by Crippen LogP contribution is 2.55. The minimum Gasteiger partial charge on any atom is -0.385 e. The molecule has 4 rings (SSSR count). The van der Waals surface area contributed by atoms with E-state index in [4.69, 9.17) is 0 Å². The van der Waals surface area contributed by atoms with Gasteiger partial charge in [0.1, 0.15) is 28.5 Å². The molecule has 0 bridgehead atoms. The van der Waals surface area contributed by atoms with Crippen LogP contribution in [0.25, 0.3) is 0 Å². The van der Waals surface area contributed by atoms with Crippen LogP contribution in [0.15, 0.2) is 115 Å². The highest BCUT2D eigenvalue weighted by Gasteiger charge is 2.49. The third-order valence-corrected chi connectivity index (χ3v) is 9.30. The van der Waals surface area contributed by atoms with E-state index in [0.29, 0.717) is 0 Å². The minimum absolute atomic E-state index is 1.18. The first-order valence-electron chi connectivity index (χ1n) is 9.20. The molecule has 0 radical (unpaired) electrons. The molecule has 0 aliphatic heterocycles. The highest BCUT2D eigenvalue weighted by atomic mass is 31.2. The summed E-state index contributed by atoms with van der Waals surface area (Å²) in [5.74, 6) is 0. The predicted molar refractivity (Wildman–Crippen MR) is 121 cm³/mol. The van der Waals surface area contributed by atoms with Crippen molar-refractivity contribution in [1.29, 1.82) is 0 Å². The largest absolute Gasteiger partial charge is 0.385 e. The van der Waals surface area contributed by atoms with E-state index in [1.54, 1.807) is 0 Å². The fraction of sp³-hybridized carbons (Fsp3) is 0.0400. The number of hydrogen-bond donors (Lipinski definition) is 1. The Balaban J connectivity index is 2.17. The van der Waals surface area contributed by atoms with Crippen molar-refractivity contribution in [3.05, 3.63) is 115 Å². The van der Waals surface area contributed by atoms with Gasteiger partial charge in [-0.05, 0) is 48.5 Å². The predicted octanol–water partition coefficient (Wildman–Crippen LogP) is 4.35. The first kappa shape index (κ1) is 17.5. The third-order valence-electron chi connectivity index (χ3n) is 4.97. The number of benzene rings is 4. The van der Waals surface area contributed by atoms with Gasteiger partial charge in [0.15, 0.2) is 0 Å². The Kier molecular flexibility index (Phi) is 5.05. The summed E-state index contributed by atoms with van der Waals surface area (Å²) < 4.78 is 0. The summed E-state index contributed by atoms with van der Waals surface area (Å²) in [6.45, 7) is 0. The molecular weight excluding hydrogens is 345 g/mol. The van der Waals surface area contributed by atoms with Crippen molar-refractivity contribution >= 4 is 34.2 Å². The van der Waals surface area contributed by atoms with Gasteiger partial charge in [-0.2, -0.15) is 0 Å². The number of rotatable bonds is 5. The second-order valence-electron chi connectivity index (χ2n) is 6.44. The van der Waals surface area contributed by atoms with Crippen molar-refractivity contribution in [3.8, 4) is 0 Å². The Morgan fingerprint density at radius 1 is 0.481 bits per heavy atom. The van der Waals surface area contributed by atoms with Gasteiger partial charge in [0.05, 0.1) is 5.69 Å². The Morgan fingerprint density at radius 3 is 1.26 bits per heavy atom. The smallest absolute Gasteiger partial charge is 0.146 e. The summed E-state index contributed by atoms with van der Waals surface area (Å²) in [4.78, 5) is 0. The van der Waals surface area contributed by atoms with E-state index in [1.165, 1.54) is 26.9 Å². The van der Waals surface area contributed by atoms with Crippen molar-refractivity contribution in [2.75, 3.05) is 12.4 Å². The number of nitrogens with one attached hydrogen (secondary N) is 1. The lowest BCUT2D eigenvalue weighted by Gasteiger charge is -2.29. The molecule has 27 heavy (non-hydrogen) atoms. The van der Waals surface area contributed by atoms with Gasteiger partial charge in [-0.15, -0.1) is 0 Å². The molecule has 1 nitrogen and oxygen atoms in total. The first-order chi connectivity index (χ1) is 13.4. The van der Waals surface area contributed by atoms with E-state index in [9.17, 15) is 0 Å². The Hall–Kier alpha value is -2.89. The van der Waals surface area contributed by atoms with Crippen LogP contribution in [-0.2, 0) is 0 Å². The maximum absolute atomic E-state index is 3.44. The summed E-state index contributed by atoms with van der Waals surface area (Å²) in [6, 6.07) is 41.6. The molecule has 0 aliphatic carbocycles. The van der Waals surface area contributed by atoms with Gasteiger partial charge in [-0.1, -0.05) is 66.7 Å². The van der Waals surface area contributed by atoms with E-state index in [0.717, 1.165) is 0 Å². The monoisotopic (exact) mass is 368 g/mol. The topological polar surface area (TPSA) is 12.0 Å². The van der Waals surface area contributed by atoms with Gasteiger partial charge in [-0.25, -0.2) is 0 Å². The Morgan fingerprint density at radius 2 is 0.852 bits per heavy atom. The van der Waals surface area contributed by atoms with Gasteiger partial charge in [0, 0.05) is 7.05 Å². The van der Waals surface area contributed by atoms with Gasteiger partial charge in [0.25, 0.3) is 0 Å². The fourth-order valence-electron chi connectivity index (χ4n) is 3.80. The molecule has 0 saturated carbocycles. The molecule has 0 saturated heterocycles. The molecule has 4 aromatic carbocycles. The molecule has 0 aliphatic rings.